The lowest BCUT2D eigenvalue weighted by atomic mass is 10.1. The molecule has 2 atom stereocenters. The number of hydrogen-bond donors (Lipinski definition) is 1. The molecule has 7 heteroatoms. The number of carbonyl (C=O) groups is 3. The third kappa shape index (κ3) is 6.62. The third-order valence-electron chi connectivity index (χ3n) is 2.85. The molecule has 1 amide bonds. The van der Waals surface area contributed by atoms with E-state index in [1.165, 1.54) is 14.0 Å². The minimum Gasteiger partial charge on any atom is -0.467 e. The summed E-state index contributed by atoms with van der Waals surface area (Å²) >= 11 is 0.954. The average molecular weight is 353 g/mol. The first-order valence-electron chi connectivity index (χ1n) is 7.43. The summed E-state index contributed by atoms with van der Waals surface area (Å²) in [4.78, 5) is 35.9. The zero-order valence-corrected chi connectivity index (χ0v) is 15.3. The maximum Gasteiger partial charge on any atom is 0.408 e. The SMILES string of the molecule is COC(=O)[C@@H](NC(=O)OC(C)(C)C)[C@@H](SC(C)=O)c1ccccc1. The summed E-state index contributed by atoms with van der Waals surface area (Å²) in [6, 6.07) is 7.94. The number of hydrogen-bond acceptors (Lipinski definition) is 6. The van der Waals surface area contributed by atoms with Gasteiger partial charge in [-0.3, -0.25) is 4.79 Å². The number of esters is 1. The fourth-order valence-corrected chi connectivity index (χ4v) is 2.94. The molecule has 24 heavy (non-hydrogen) atoms. The van der Waals surface area contributed by atoms with Gasteiger partial charge in [0.05, 0.1) is 12.4 Å². The number of alkyl carbamates (subject to hydrolysis) is 1. The first kappa shape index (κ1) is 20.0. The van der Waals surface area contributed by atoms with Crippen LogP contribution < -0.4 is 5.32 Å². The molecule has 0 aliphatic rings. The van der Waals surface area contributed by atoms with E-state index in [0.29, 0.717) is 0 Å². The Morgan fingerprint density at radius 3 is 2.17 bits per heavy atom. The minimum atomic E-state index is -1.05. The Kier molecular flexibility index (Phi) is 7.28. The van der Waals surface area contributed by atoms with Crippen molar-refractivity contribution in [3.05, 3.63) is 35.9 Å². The molecule has 0 spiro atoms. The Morgan fingerprint density at radius 1 is 1.12 bits per heavy atom. The summed E-state index contributed by atoms with van der Waals surface area (Å²) in [6.45, 7) is 6.57. The molecular formula is C17H23NO5S. The summed E-state index contributed by atoms with van der Waals surface area (Å²) in [5, 5.41) is 1.72. The van der Waals surface area contributed by atoms with E-state index in [9.17, 15) is 14.4 Å². The number of benzene rings is 1. The molecule has 1 aromatic carbocycles. The molecule has 0 heterocycles. The van der Waals surface area contributed by atoms with Gasteiger partial charge in [-0.1, -0.05) is 42.1 Å². The van der Waals surface area contributed by atoms with Crippen LogP contribution in [0.4, 0.5) is 4.79 Å². The summed E-state index contributed by atoms with van der Waals surface area (Å²) in [7, 11) is 1.23. The predicted octanol–water partition coefficient (Wildman–Crippen LogP) is 3.07. The topological polar surface area (TPSA) is 81.7 Å². The van der Waals surface area contributed by atoms with Crippen molar-refractivity contribution >= 4 is 28.9 Å². The highest BCUT2D eigenvalue weighted by Crippen LogP contribution is 2.33. The lowest BCUT2D eigenvalue weighted by Gasteiger charge is -2.27. The fraction of sp³-hybridized carbons (Fsp3) is 0.471. The highest BCUT2D eigenvalue weighted by atomic mass is 32.2. The lowest BCUT2D eigenvalue weighted by molar-refractivity contribution is -0.143. The summed E-state index contributed by atoms with van der Waals surface area (Å²) in [6.07, 6.45) is -0.747. The van der Waals surface area contributed by atoms with Crippen LogP contribution in [-0.2, 0) is 19.1 Å². The predicted molar refractivity (Wildman–Crippen MR) is 92.6 cm³/mol. The van der Waals surface area contributed by atoms with E-state index in [-0.39, 0.29) is 5.12 Å². The first-order valence-corrected chi connectivity index (χ1v) is 8.31. The Hall–Kier alpha value is -2.02. The molecule has 0 aliphatic heterocycles. The standard InChI is InChI=1S/C17H23NO5S/c1-11(19)24-14(12-9-7-6-8-10-12)13(15(20)22-5)18-16(21)23-17(2,3)4/h6-10,13-14H,1-5H3,(H,18,21)/t13-,14-/m0/s1. The molecule has 132 valence electrons. The van der Waals surface area contributed by atoms with Crippen molar-refractivity contribution in [2.24, 2.45) is 0 Å². The van der Waals surface area contributed by atoms with Gasteiger partial charge in [0.1, 0.15) is 11.6 Å². The fourth-order valence-electron chi connectivity index (χ4n) is 1.97. The number of ether oxygens (including phenoxy) is 2. The lowest BCUT2D eigenvalue weighted by Crippen LogP contribution is -2.46. The monoisotopic (exact) mass is 353 g/mol. The highest BCUT2D eigenvalue weighted by molar-refractivity contribution is 8.13. The van der Waals surface area contributed by atoms with Gasteiger partial charge in [0.15, 0.2) is 5.12 Å². The number of methoxy groups -OCH3 is 1. The molecule has 1 rings (SSSR count). The van der Waals surface area contributed by atoms with Gasteiger partial charge in [-0.2, -0.15) is 0 Å². The Morgan fingerprint density at radius 2 is 1.71 bits per heavy atom. The van der Waals surface area contributed by atoms with Crippen LogP contribution in [0.5, 0.6) is 0 Å². The van der Waals surface area contributed by atoms with Gasteiger partial charge < -0.3 is 14.8 Å². The van der Waals surface area contributed by atoms with Crippen LogP contribution in [0.15, 0.2) is 30.3 Å². The van der Waals surface area contributed by atoms with Crippen molar-refractivity contribution in [2.75, 3.05) is 7.11 Å². The minimum absolute atomic E-state index is 0.177. The molecule has 0 aromatic heterocycles. The molecule has 0 unspecified atom stereocenters. The molecule has 1 N–H and O–H groups in total. The van der Waals surface area contributed by atoms with Crippen LogP contribution >= 0.6 is 11.8 Å². The van der Waals surface area contributed by atoms with E-state index in [0.717, 1.165) is 17.3 Å². The van der Waals surface area contributed by atoms with E-state index in [2.05, 4.69) is 5.32 Å². The van der Waals surface area contributed by atoms with Crippen molar-refractivity contribution in [1.82, 2.24) is 5.32 Å². The first-order chi connectivity index (χ1) is 11.1. The van der Waals surface area contributed by atoms with E-state index in [1.807, 2.05) is 6.07 Å². The maximum absolute atomic E-state index is 12.2. The smallest absolute Gasteiger partial charge is 0.408 e. The van der Waals surface area contributed by atoms with Crippen LogP contribution in [0.1, 0.15) is 38.5 Å². The molecule has 1 aromatic rings. The van der Waals surface area contributed by atoms with Gasteiger partial charge in [0.2, 0.25) is 0 Å². The Balaban J connectivity index is 3.11. The van der Waals surface area contributed by atoms with Crippen LogP contribution in [0, 0.1) is 0 Å². The Labute approximate surface area is 146 Å². The van der Waals surface area contributed by atoms with E-state index in [4.69, 9.17) is 9.47 Å². The molecule has 0 bridgehead atoms. The largest absolute Gasteiger partial charge is 0.467 e. The van der Waals surface area contributed by atoms with Crippen molar-refractivity contribution in [3.8, 4) is 0 Å². The van der Waals surface area contributed by atoms with E-state index < -0.39 is 29.0 Å². The number of nitrogens with one attached hydrogen (secondary N) is 1. The second-order valence-electron chi connectivity index (χ2n) is 6.09. The maximum atomic E-state index is 12.2. The van der Waals surface area contributed by atoms with Crippen LogP contribution in [0.25, 0.3) is 0 Å². The number of carbonyl (C=O) groups excluding carboxylic acids is 3. The van der Waals surface area contributed by atoms with Crippen LogP contribution in [-0.4, -0.2) is 35.9 Å². The summed E-state index contributed by atoms with van der Waals surface area (Å²) in [5.74, 6) is -0.650. The molecular weight excluding hydrogens is 330 g/mol. The van der Waals surface area contributed by atoms with Crippen LogP contribution in [0.3, 0.4) is 0 Å². The molecule has 0 saturated heterocycles. The molecule has 0 radical (unpaired) electrons. The zero-order valence-electron chi connectivity index (χ0n) is 14.5. The third-order valence-corrected chi connectivity index (χ3v) is 3.98. The van der Waals surface area contributed by atoms with Gasteiger partial charge in [-0.15, -0.1) is 0 Å². The zero-order chi connectivity index (χ0) is 18.3. The molecule has 0 saturated carbocycles. The quantitative estimate of drug-likeness (QED) is 0.819. The molecule has 0 aliphatic carbocycles. The van der Waals surface area contributed by atoms with Crippen LogP contribution in [0.2, 0.25) is 0 Å². The number of amides is 1. The van der Waals surface area contributed by atoms with Gasteiger partial charge in [0, 0.05) is 6.92 Å². The molecule has 6 nitrogen and oxygen atoms in total. The number of rotatable bonds is 5. The highest BCUT2D eigenvalue weighted by Gasteiger charge is 2.34. The molecule has 0 fully saturated rings. The van der Waals surface area contributed by atoms with Crippen molar-refractivity contribution in [2.45, 2.75) is 44.6 Å². The van der Waals surface area contributed by atoms with Gasteiger partial charge in [-0.25, -0.2) is 9.59 Å². The van der Waals surface area contributed by atoms with Gasteiger partial charge >= 0.3 is 12.1 Å². The van der Waals surface area contributed by atoms with Gasteiger partial charge in [0.25, 0.3) is 0 Å². The van der Waals surface area contributed by atoms with Gasteiger partial charge in [-0.05, 0) is 26.3 Å². The normalized spacial score (nSPS) is 13.5. The van der Waals surface area contributed by atoms with Crippen molar-refractivity contribution in [3.63, 3.8) is 0 Å². The Bertz CT molecular complexity index is 582. The van der Waals surface area contributed by atoms with Crippen molar-refractivity contribution < 1.29 is 23.9 Å². The summed E-state index contributed by atoms with van der Waals surface area (Å²) in [5.41, 5.74) is 0.0184. The number of thioether (sulfide) groups is 1. The van der Waals surface area contributed by atoms with E-state index in [1.54, 1.807) is 45.0 Å². The average Bonchev–Trinajstić information content (AvgIpc) is 2.48. The van der Waals surface area contributed by atoms with Crippen molar-refractivity contribution in [1.29, 1.82) is 0 Å². The second-order valence-corrected chi connectivity index (χ2v) is 7.41. The second kappa shape index (κ2) is 8.73. The van der Waals surface area contributed by atoms with E-state index >= 15 is 0 Å². The summed E-state index contributed by atoms with van der Waals surface area (Å²) < 4.78 is 10.00.